The molecule has 0 aliphatic rings. The predicted octanol–water partition coefficient (Wildman–Crippen LogP) is 2.98. The van der Waals surface area contributed by atoms with Crippen LogP contribution in [-0.4, -0.2) is 9.97 Å². The van der Waals surface area contributed by atoms with E-state index in [0.717, 1.165) is 28.1 Å². The van der Waals surface area contributed by atoms with Gasteiger partial charge in [-0.05, 0) is 26.0 Å². The van der Waals surface area contributed by atoms with E-state index in [-0.39, 0.29) is 0 Å². The molecule has 0 N–H and O–H groups in total. The summed E-state index contributed by atoms with van der Waals surface area (Å²) in [5.41, 5.74) is 1.99. The lowest BCUT2D eigenvalue weighted by atomic mass is 10.4. The summed E-state index contributed by atoms with van der Waals surface area (Å²) in [7, 11) is 0. The van der Waals surface area contributed by atoms with E-state index in [4.69, 9.17) is 4.42 Å². The number of aryl methyl sites for hydroxylation is 2. The second-order valence-corrected chi connectivity index (χ2v) is 4.16. The number of hydrogen-bond donors (Lipinski definition) is 0. The average Bonchev–Trinajstić information content (AvgIpc) is 2.57. The maximum atomic E-state index is 5.46. The summed E-state index contributed by atoms with van der Waals surface area (Å²) >= 11 is 1.57. The maximum Gasteiger partial charge on any atom is 0.256 e. The van der Waals surface area contributed by atoms with Crippen molar-refractivity contribution in [2.75, 3.05) is 0 Å². The van der Waals surface area contributed by atoms with Crippen LogP contribution in [0.1, 0.15) is 17.1 Å². The predicted molar refractivity (Wildman–Crippen MR) is 59.8 cm³/mol. The zero-order chi connectivity index (χ0) is 10.7. The zero-order valence-electron chi connectivity index (χ0n) is 8.73. The van der Waals surface area contributed by atoms with Gasteiger partial charge in [-0.2, -0.15) is 0 Å². The van der Waals surface area contributed by atoms with Crippen LogP contribution in [0.25, 0.3) is 0 Å². The van der Waals surface area contributed by atoms with Crippen molar-refractivity contribution in [1.29, 1.82) is 0 Å². The van der Waals surface area contributed by atoms with Crippen LogP contribution < -0.4 is 0 Å². The summed E-state index contributed by atoms with van der Waals surface area (Å²) in [6.45, 7) is 3.87. The number of thioether (sulfide) groups is 1. The molecule has 78 valence electrons. The summed E-state index contributed by atoms with van der Waals surface area (Å²) < 4.78 is 5.46. The van der Waals surface area contributed by atoms with Gasteiger partial charge in [-0.15, -0.1) is 0 Å². The molecule has 3 nitrogen and oxygen atoms in total. The highest BCUT2D eigenvalue weighted by molar-refractivity contribution is 7.98. The summed E-state index contributed by atoms with van der Waals surface area (Å²) in [4.78, 5) is 8.53. The van der Waals surface area contributed by atoms with E-state index in [1.54, 1.807) is 18.0 Å². The first kappa shape index (κ1) is 10.2. The summed E-state index contributed by atoms with van der Waals surface area (Å²) in [5, 5.41) is 0.718. The molecule has 2 heterocycles. The van der Waals surface area contributed by atoms with Gasteiger partial charge in [0.1, 0.15) is 5.76 Å². The molecular formula is C11H12N2OS. The van der Waals surface area contributed by atoms with E-state index >= 15 is 0 Å². The molecule has 0 bridgehead atoms. The fourth-order valence-electron chi connectivity index (χ4n) is 1.12. The molecule has 2 aromatic rings. The second kappa shape index (κ2) is 4.49. The minimum Gasteiger partial charge on any atom is -0.437 e. The van der Waals surface area contributed by atoms with Gasteiger partial charge in [0.25, 0.3) is 5.22 Å². The Balaban J connectivity index is 1.99. The number of pyridine rings is 1. The maximum absolute atomic E-state index is 5.46. The van der Waals surface area contributed by atoms with E-state index in [1.165, 1.54) is 0 Å². The van der Waals surface area contributed by atoms with E-state index in [9.17, 15) is 0 Å². The monoisotopic (exact) mass is 220 g/mol. The van der Waals surface area contributed by atoms with Crippen molar-refractivity contribution in [2.24, 2.45) is 0 Å². The molecule has 2 aromatic heterocycles. The molecule has 0 saturated carbocycles. The molecule has 2 rings (SSSR count). The zero-order valence-corrected chi connectivity index (χ0v) is 9.54. The minimum atomic E-state index is 0.718. The Morgan fingerprint density at radius 2 is 2.20 bits per heavy atom. The Bertz CT molecular complexity index is 420. The molecule has 0 spiro atoms. The highest BCUT2D eigenvalue weighted by atomic mass is 32.2. The molecule has 0 aromatic carbocycles. The number of aromatic nitrogens is 2. The summed E-state index contributed by atoms with van der Waals surface area (Å²) in [5.74, 6) is 1.68. The summed E-state index contributed by atoms with van der Waals surface area (Å²) in [6.07, 6.45) is 1.79. The van der Waals surface area contributed by atoms with Crippen molar-refractivity contribution in [3.8, 4) is 0 Å². The van der Waals surface area contributed by atoms with Gasteiger partial charge in [0.15, 0.2) is 0 Å². The first-order chi connectivity index (χ1) is 7.25. The van der Waals surface area contributed by atoms with Crippen LogP contribution in [0.2, 0.25) is 0 Å². The van der Waals surface area contributed by atoms with Crippen molar-refractivity contribution in [3.63, 3.8) is 0 Å². The van der Waals surface area contributed by atoms with Crippen molar-refractivity contribution in [3.05, 3.63) is 41.5 Å². The van der Waals surface area contributed by atoms with E-state index in [2.05, 4.69) is 9.97 Å². The fraction of sp³-hybridized carbons (Fsp3) is 0.273. The van der Waals surface area contributed by atoms with Gasteiger partial charge < -0.3 is 4.42 Å². The van der Waals surface area contributed by atoms with Crippen molar-refractivity contribution in [2.45, 2.75) is 24.8 Å². The minimum absolute atomic E-state index is 0.718. The van der Waals surface area contributed by atoms with E-state index in [0.29, 0.717) is 0 Å². The molecule has 0 aliphatic heterocycles. The van der Waals surface area contributed by atoms with Crippen molar-refractivity contribution >= 4 is 11.8 Å². The number of hydrogen-bond acceptors (Lipinski definition) is 4. The normalized spacial score (nSPS) is 10.5. The Morgan fingerprint density at radius 3 is 2.80 bits per heavy atom. The van der Waals surface area contributed by atoms with Crippen LogP contribution in [0.15, 0.2) is 34.0 Å². The fourth-order valence-corrected chi connectivity index (χ4v) is 1.95. The molecule has 0 saturated heterocycles. The standard InChI is InChI=1S/C11H12N2OS/c1-8-9(2)14-11(13-8)15-7-10-5-3-4-6-12-10/h3-6H,7H2,1-2H3. The highest BCUT2D eigenvalue weighted by Crippen LogP contribution is 2.22. The Kier molecular flexibility index (Phi) is 3.06. The first-order valence-electron chi connectivity index (χ1n) is 4.72. The third kappa shape index (κ3) is 2.59. The van der Waals surface area contributed by atoms with Crippen molar-refractivity contribution < 1.29 is 4.42 Å². The molecule has 15 heavy (non-hydrogen) atoms. The van der Waals surface area contributed by atoms with Crippen LogP contribution in [-0.2, 0) is 5.75 Å². The number of oxazole rings is 1. The second-order valence-electron chi connectivity index (χ2n) is 3.23. The molecule has 0 amide bonds. The first-order valence-corrected chi connectivity index (χ1v) is 5.71. The Labute approximate surface area is 92.9 Å². The highest BCUT2D eigenvalue weighted by Gasteiger charge is 2.06. The number of nitrogens with zero attached hydrogens (tertiary/aromatic N) is 2. The SMILES string of the molecule is Cc1nc(SCc2ccccn2)oc1C. The topological polar surface area (TPSA) is 38.9 Å². The van der Waals surface area contributed by atoms with Gasteiger partial charge in [-0.25, -0.2) is 4.98 Å². The van der Waals surface area contributed by atoms with Crippen LogP contribution in [0.4, 0.5) is 0 Å². The van der Waals surface area contributed by atoms with Gasteiger partial charge in [0, 0.05) is 11.9 Å². The Hall–Kier alpha value is -1.29. The van der Waals surface area contributed by atoms with Gasteiger partial charge >= 0.3 is 0 Å². The lowest BCUT2D eigenvalue weighted by molar-refractivity contribution is 0.431. The lowest BCUT2D eigenvalue weighted by Gasteiger charge is -1.95. The third-order valence-electron chi connectivity index (χ3n) is 2.08. The molecular weight excluding hydrogens is 208 g/mol. The number of rotatable bonds is 3. The molecule has 0 fully saturated rings. The van der Waals surface area contributed by atoms with Gasteiger partial charge in [-0.1, -0.05) is 17.8 Å². The lowest BCUT2D eigenvalue weighted by Crippen LogP contribution is -1.84. The largest absolute Gasteiger partial charge is 0.437 e. The summed E-state index contributed by atoms with van der Waals surface area (Å²) in [6, 6.07) is 5.89. The smallest absolute Gasteiger partial charge is 0.256 e. The van der Waals surface area contributed by atoms with Crippen LogP contribution in [0.3, 0.4) is 0 Å². The third-order valence-corrected chi connectivity index (χ3v) is 2.94. The van der Waals surface area contributed by atoms with Crippen LogP contribution in [0.5, 0.6) is 0 Å². The van der Waals surface area contributed by atoms with Crippen LogP contribution >= 0.6 is 11.8 Å². The molecule has 0 radical (unpaired) electrons. The molecule has 0 aliphatic carbocycles. The molecule has 0 unspecified atom stereocenters. The van der Waals surface area contributed by atoms with Crippen molar-refractivity contribution in [1.82, 2.24) is 9.97 Å². The quantitative estimate of drug-likeness (QED) is 0.745. The Morgan fingerprint density at radius 1 is 1.33 bits per heavy atom. The van der Waals surface area contributed by atoms with Gasteiger partial charge in [0.05, 0.1) is 11.4 Å². The van der Waals surface area contributed by atoms with E-state index in [1.807, 2.05) is 32.0 Å². The molecule has 4 heteroatoms. The van der Waals surface area contributed by atoms with Gasteiger partial charge in [-0.3, -0.25) is 4.98 Å². The van der Waals surface area contributed by atoms with Crippen LogP contribution in [0, 0.1) is 13.8 Å². The average molecular weight is 220 g/mol. The van der Waals surface area contributed by atoms with Gasteiger partial charge in [0.2, 0.25) is 0 Å². The molecule has 0 atom stereocenters. The van der Waals surface area contributed by atoms with E-state index < -0.39 is 0 Å².